The molecule has 0 radical (unpaired) electrons. The number of carbonyl (C=O) groups is 1. The number of hydrogen-bond donors (Lipinski definition) is 1. The molecule has 0 spiro atoms. The van der Waals surface area contributed by atoms with Crippen LogP contribution in [0.2, 0.25) is 0 Å². The minimum Gasteiger partial charge on any atom is -0.396 e. The first-order valence-corrected chi connectivity index (χ1v) is 5.60. The van der Waals surface area contributed by atoms with Crippen molar-refractivity contribution in [2.75, 3.05) is 6.61 Å². The van der Waals surface area contributed by atoms with E-state index in [0.717, 1.165) is 38.5 Å². The smallest absolute Gasteiger partial charge is 0.136 e. The van der Waals surface area contributed by atoms with Gasteiger partial charge in [-0.2, -0.15) is 0 Å². The average Bonchev–Trinajstić information content (AvgIpc) is 2.18. The number of ketones is 1. The molecule has 0 aromatic rings. The minimum absolute atomic E-state index is 0.0162. The van der Waals surface area contributed by atoms with Crippen molar-refractivity contribution >= 4 is 5.78 Å². The molecule has 1 N–H and O–H groups in total. The standard InChI is InChI=1S/C12H18O2/c13-9-8-12-6-2-1-4-10(12)11(14)5-3-7-12/h2,6,10,13H,1,3-5,7-9H2/t10-,12+/m1/s1. The van der Waals surface area contributed by atoms with Crippen LogP contribution in [0.1, 0.15) is 38.5 Å². The van der Waals surface area contributed by atoms with Crippen molar-refractivity contribution in [1.82, 2.24) is 0 Å². The Balaban J connectivity index is 2.25. The highest BCUT2D eigenvalue weighted by molar-refractivity contribution is 5.83. The quantitative estimate of drug-likeness (QED) is 0.683. The van der Waals surface area contributed by atoms with Crippen LogP contribution in [0, 0.1) is 11.3 Å². The van der Waals surface area contributed by atoms with E-state index >= 15 is 0 Å². The van der Waals surface area contributed by atoms with E-state index in [9.17, 15) is 4.79 Å². The first kappa shape index (κ1) is 9.91. The van der Waals surface area contributed by atoms with Crippen LogP contribution >= 0.6 is 0 Å². The van der Waals surface area contributed by atoms with E-state index in [4.69, 9.17) is 5.11 Å². The summed E-state index contributed by atoms with van der Waals surface area (Å²) >= 11 is 0. The van der Waals surface area contributed by atoms with E-state index in [1.54, 1.807) is 0 Å². The highest BCUT2D eigenvalue weighted by Crippen LogP contribution is 2.47. The number of hydrogen-bond acceptors (Lipinski definition) is 2. The third-order valence-corrected chi connectivity index (χ3v) is 3.80. The number of carbonyl (C=O) groups excluding carboxylic acids is 1. The van der Waals surface area contributed by atoms with Crippen LogP contribution in [0.3, 0.4) is 0 Å². The van der Waals surface area contributed by atoms with Crippen LogP contribution < -0.4 is 0 Å². The summed E-state index contributed by atoms with van der Waals surface area (Å²) in [5.74, 6) is 0.627. The van der Waals surface area contributed by atoms with Gasteiger partial charge in [0.05, 0.1) is 0 Å². The lowest BCUT2D eigenvalue weighted by molar-refractivity contribution is -0.130. The van der Waals surface area contributed by atoms with Crippen LogP contribution in [0.15, 0.2) is 12.2 Å². The molecule has 2 nitrogen and oxygen atoms in total. The van der Waals surface area contributed by atoms with Crippen molar-refractivity contribution in [3.05, 3.63) is 12.2 Å². The lowest BCUT2D eigenvalue weighted by Gasteiger charge is -2.43. The topological polar surface area (TPSA) is 37.3 Å². The van der Waals surface area contributed by atoms with E-state index in [1.165, 1.54) is 0 Å². The second-order valence-electron chi connectivity index (χ2n) is 4.56. The van der Waals surface area contributed by atoms with Crippen LogP contribution in [0.4, 0.5) is 0 Å². The first-order valence-electron chi connectivity index (χ1n) is 5.60. The van der Waals surface area contributed by atoms with Crippen LogP contribution in [0.5, 0.6) is 0 Å². The maximum absolute atomic E-state index is 11.8. The maximum atomic E-state index is 11.8. The number of Topliss-reactive ketones (excluding diaryl/α,β-unsaturated/α-hetero) is 1. The molecule has 2 atom stereocenters. The van der Waals surface area contributed by atoms with Gasteiger partial charge in [0.1, 0.15) is 5.78 Å². The monoisotopic (exact) mass is 194 g/mol. The van der Waals surface area contributed by atoms with Gasteiger partial charge in [-0.15, -0.1) is 0 Å². The van der Waals surface area contributed by atoms with Gasteiger partial charge >= 0.3 is 0 Å². The zero-order valence-electron chi connectivity index (χ0n) is 8.54. The van der Waals surface area contributed by atoms with Gasteiger partial charge in [-0.05, 0) is 32.1 Å². The molecule has 0 aromatic carbocycles. The first-order chi connectivity index (χ1) is 6.78. The fourth-order valence-corrected chi connectivity index (χ4v) is 3.08. The van der Waals surface area contributed by atoms with Gasteiger partial charge < -0.3 is 5.11 Å². The SMILES string of the molecule is O=C1CCC[C@]2(CCO)C=CCC[C@H]12. The summed E-state index contributed by atoms with van der Waals surface area (Å²) in [6.07, 6.45) is 10.0. The molecule has 0 unspecified atom stereocenters. The van der Waals surface area contributed by atoms with E-state index in [-0.39, 0.29) is 17.9 Å². The molecule has 1 saturated carbocycles. The van der Waals surface area contributed by atoms with E-state index in [2.05, 4.69) is 12.2 Å². The molecule has 0 heterocycles. The second kappa shape index (κ2) is 3.85. The predicted octanol–water partition coefficient (Wildman–Crippen LogP) is 2.07. The number of aliphatic hydroxyl groups is 1. The summed E-state index contributed by atoms with van der Waals surface area (Å²) in [6, 6.07) is 0. The lowest BCUT2D eigenvalue weighted by Crippen LogP contribution is -2.40. The second-order valence-corrected chi connectivity index (χ2v) is 4.56. The van der Waals surface area contributed by atoms with E-state index in [1.807, 2.05) is 0 Å². The van der Waals surface area contributed by atoms with Crippen LogP contribution in [-0.4, -0.2) is 17.5 Å². The highest BCUT2D eigenvalue weighted by Gasteiger charge is 2.43. The summed E-state index contributed by atoms with van der Waals surface area (Å²) in [6.45, 7) is 0.202. The molecule has 14 heavy (non-hydrogen) atoms. The molecule has 2 heteroatoms. The zero-order valence-corrected chi connectivity index (χ0v) is 8.54. The number of aliphatic hydroxyl groups excluding tert-OH is 1. The molecule has 0 bridgehead atoms. The van der Waals surface area contributed by atoms with E-state index < -0.39 is 0 Å². The number of rotatable bonds is 2. The van der Waals surface area contributed by atoms with Crippen molar-refractivity contribution in [2.24, 2.45) is 11.3 Å². The van der Waals surface area contributed by atoms with Crippen molar-refractivity contribution in [3.63, 3.8) is 0 Å². The fourth-order valence-electron chi connectivity index (χ4n) is 3.08. The summed E-state index contributed by atoms with van der Waals surface area (Å²) in [5, 5.41) is 9.09. The Kier molecular flexibility index (Phi) is 2.73. The Morgan fingerprint density at radius 2 is 2.43 bits per heavy atom. The predicted molar refractivity (Wildman–Crippen MR) is 54.9 cm³/mol. The Bertz CT molecular complexity index is 253. The maximum Gasteiger partial charge on any atom is 0.136 e. The third-order valence-electron chi connectivity index (χ3n) is 3.80. The Labute approximate surface area is 85.0 Å². The van der Waals surface area contributed by atoms with Crippen molar-refractivity contribution < 1.29 is 9.90 Å². The fraction of sp³-hybridized carbons (Fsp3) is 0.750. The molecule has 0 amide bonds. The van der Waals surface area contributed by atoms with Crippen molar-refractivity contribution in [3.8, 4) is 0 Å². The Hall–Kier alpha value is -0.630. The Morgan fingerprint density at radius 1 is 1.57 bits per heavy atom. The molecule has 2 aliphatic rings. The van der Waals surface area contributed by atoms with Gasteiger partial charge in [0.15, 0.2) is 0 Å². The molecule has 78 valence electrons. The average molecular weight is 194 g/mol. The lowest BCUT2D eigenvalue weighted by atomic mass is 9.60. The number of fused-ring (bicyclic) bond motifs is 1. The van der Waals surface area contributed by atoms with Gasteiger partial charge in [-0.1, -0.05) is 12.2 Å². The van der Waals surface area contributed by atoms with Gasteiger partial charge in [-0.25, -0.2) is 0 Å². The molecule has 0 aromatic heterocycles. The summed E-state index contributed by atoms with van der Waals surface area (Å²) in [7, 11) is 0. The minimum atomic E-state index is 0.0162. The van der Waals surface area contributed by atoms with Crippen LogP contribution in [0.25, 0.3) is 0 Å². The molecule has 0 aliphatic heterocycles. The Morgan fingerprint density at radius 3 is 3.21 bits per heavy atom. The largest absolute Gasteiger partial charge is 0.396 e. The van der Waals surface area contributed by atoms with Gasteiger partial charge in [0.25, 0.3) is 0 Å². The number of allylic oxidation sites excluding steroid dienone is 2. The van der Waals surface area contributed by atoms with Gasteiger partial charge in [0, 0.05) is 24.4 Å². The molecular formula is C12H18O2. The van der Waals surface area contributed by atoms with Crippen molar-refractivity contribution in [2.45, 2.75) is 38.5 Å². The summed E-state index contributed by atoms with van der Waals surface area (Å²) < 4.78 is 0. The van der Waals surface area contributed by atoms with Crippen LogP contribution in [-0.2, 0) is 4.79 Å². The van der Waals surface area contributed by atoms with E-state index in [0.29, 0.717) is 5.78 Å². The normalized spacial score (nSPS) is 36.9. The summed E-state index contributed by atoms with van der Waals surface area (Å²) in [5.41, 5.74) is 0.0162. The van der Waals surface area contributed by atoms with Crippen molar-refractivity contribution in [1.29, 1.82) is 0 Å². The highest BCUT2D eigenvalue weighted by atomic mass is 16.3. The zero-order chi connectivity index (χ0) is 10.0. The molecule has 2 aliphatic carbocycles. The molecular weight excluding hydrogens is 176 g/mol. The molecule has 2 rings (SSSR count). The molecule has 1 fully saturated rings. The van der Waals surface area contributed by atoms with Gasteiger partial charge in [-0.3, -0.25) is 4.79 Å². The van der Waals surface area contributed by atoms with Gasteiger partial charge in [0.2, 0.25) is 0 Å². The summed E-state index contributed by atoms with van der Waals surface area (Å²) in [4.78, 5) is 11.8. The molecule has 0 saturated heterocycles. The third kappa shape index (κ3) is 1.52.